The predicted octanol–water partition coefficient (Wildman–Crippen LogP) is 2.79. The molecule has 0 aromatic carbocycles. The minimum absolute atomic E-state index is 0.0186. The van der Waals surface area contributed by atoms with E-state index in [9.17, 15) is 0 Å². The molecule has 0 unspecified atom stereocenters. The number of rotatable bonds is 3. The van der Waals surface area contributed by atoms with Crippen molar-refractivity contribution < 1.29 is 0 Å². The molecule has 4 rings (SSSR count). The van der Waals surface area contributed by atoms with Crippen LogP contribution in [0.2, 0.25) is 5.15 Å². The summed E-state index contributed by atoms with van der Waals surface area (Å²) in [6.45, 7) is 7.59. The van der Waals surface area contributed by atoms with E-state index in [0.29, 0.717) is 35.9 Å². The van der Waals surface area contributed by atoms with Gasteiger partial charge in [-0.2, -0.15) is 10.4 Å². The van der Waals surface area contributed by atoms with Crippen LogP contribution >= 0.6 is 11.6 Å². The highest BCUT2D eigenvalue weighted by Crippen LogP contribution is 2.44. The van der Waals surface area contributed by atoms with E-state index in [1.807, 2.05) is 23.0 Å². The largest absolute Gasteiger partial charge is 0.340 e. The van der Waals surface area contributed by atoms with Gasteiger partial charge in [-0.3, -0.25) is 0 Å². The fraction of sp³-hybridized carbons (Fsp3) is 0.312. The summed E-state index contributed by atoms with van der Waals surface area (Å²) in [5, 5.41) is 13.5. The van der Waals surface area contributed by atoms with Crippen LogP contribution in [0.3, 0.4) is 0 Å². The van der Waals surface area contributed by atoms with Crippen molar-refractivity contribution in [2.24, 2.45) is 5.92 Å². The third-order valence-corrected chi connectivity index (χ3v) is 4.74. The molecule has 1 saturated carbocycles. The molecule has 0 spiro atoms. The number of fused-ring (bicyclic) bond motifs is 1. The quantitative estimate of drug-likeness (QED) is 0.689. The van der Waals surface area contributed by atoms with E-state index in [1.165, 1.54) is 6.33 Å². The minimum Gasteiger partial charge on any atom is -0.340 e. The summed E-state index contributed by atoms with van der Waals surface area (Å²) in [4.78, 5) is 12.2. The van der Waals surface area contributed by atoms with Gasteiger partial charge >= 0.3 is 0 Å². The second kappa shape index (κ2) is 5.33. The van der Waals surface area contributed by atoms with Crippen LogP contribution in [0.15, 0.2) is 31.0 Å². The maximum Gasteiger partial charge on any atom is 0.237 e. The summed E-state index contributed by atoms with van der Waals surface area (Å²) in [7, 11) is 0. The fourth-order valence-electron chi connectivity index (χ4n) is 3.34. The van der Waals surface area contributed by atoms with Gasteiger partial charge in [-0.25, -0.2) is 21.1 Å². The minimum atomic E-state index is -0.303. The van der Waals surface area contributed by atoms with E-state index in [0.717, 1.165) is 5.56 Å². The van der Waals surface area contributed by atoms with Crippen LogP contribution in [0.5, 0.6) is 0 Å². The lowest BCUT2D eigenvalue weighted by molar-refractivity contribution is 0.117. The number of aromatic nitrogens is 5. The van der Waals surface area contributed by atoms with Crippen molar-refractivity contribution in [1.29, 1.82) is 5.26 Å². The van der Waals surface area contributed by atoms with Crippen LogP contribution in [0, 0.1) is 23.8 Å². The Kier molecular flexibility index (Phi) is 3.26. The Labute approximate surface area is 143 Å². The molecule has 1 aliphatic rings. The zero-order valence-corrected chi connectivity index (χ0v) is 13.3. The summed E-state index contributed by atoms with van der Waals surface area (Å²) in [6.07, 6.45) is 8.34. The smallest absolute Gasteiger partial charge is 0.237 e. The molecule has 0 radical (unpaired) electrons. The first-order valence-electron chi connectivity index (χ1n) is 7.43. The number of halogens is 1. The second-order valence-electron chi connectivity index (χ2n) is 6.02. The van der Waals surface area contributed by atoms with Crippen molar-refractivity contribution in [3.05, 3.63) is 47.6 Å². The summed E-state index contributed by atoms with van der Waals surface area (Å²) in [5.41, 5.74) is 1.83. The summed E-state index contributed by atoms with van der Waals surface area (Å²) < 4.78 is 3.62. The highest BCUT2D eigenvalue weighted by molar-refractivity contribution is 6.29. The van der Waals surface area contributed by atoms with Crippen LogP contribution < -0.4 is 0 Å². The van der Waals surface area contributed by atoms with Crippen molar-refractivity contribution in [2.75, 3.05) is 6.54 Å². The highest BCUT2D eigenvalue weighted by Gasteiger charge is 2.48. The van der Waals surface area contributed by atoms with Gasteiger partial charge in [-0.15, -0.1) is 0 Å². The number of hydrogen-bond acceptors (Lipinski definition) is 4. The number of nitrogens with zero attached hydrogens (tertiary/aromatic N) is 7. The normalized spacial score (nSPS) is 22.7. The molecule has 0 saturated heterocycles. The van der Waals surface area contributed by atoms with Crippen LogP contribution in [0.1, 0.15) is 12.8 Å². The van der Waals surface area contributed by atoms with Gasteiger partial charge in [0, 0.05) is 18.0 Å². The Hall–Kier alpha value is -2.90. The highest BCUT2D eigenvalue weighted by atomic mass is 35.5. The molecule has 1 fully saturated rings. The number of nitriles is 1. The Morgan fingerprint density at radius 3 is 3.04 bits per heavy atom. The number of hydrogen-bond donors (Lipinski definition) is 0. The van der Waals surface area contributed by atoms with Gasteiger partial charge in [0.1, 0.15) is 22.7 Å². The molecule has 0 atom stereocenters. The summed E-state index contributed by atoms with van der Waals surface area (Å²) >= 11 is 6.07. The average Bonchev–Trinajstić information content (AvgIpc) is 3.18. The Morgan fingerprint density at radius 1 is 1.46 bits per heavy atom. The molecule has 7 nitrogen and oxygen atoms in total. The van der Waals surface area contributed by atoms with Gasteiger partial charge in [0.15, 0.2) is 5.65 Å². The van der Waals surface area contributed by atoms with Crippen LogP contribution in [0.25, 0.3) is 21.7 Å². The zero-order valence-electron chi connectivity index (χ0n) is 12.6. The summed E-state index contributed by atoms with van der Waals surface area (Å²) in [5.74, 6) is 0.0186. The van der Waals surface area contributed by atoms with Gasteiger partial charge < -0.3 is 9.41 Å². The Bertz CT molecular complexity index is 998. The monoisotopic (exact) mass is 337 g/mol. The molecule has 0 amide bonds. The van der Waals surface area contributed by atoms with Gasteiger partial charge in [-0.1, -0.05) is 11.6 Å². The molecule has 118 valence electrons. The maximum absolute atomic E-state index is 9.06. The van der Waals surface area contributed by atoms with E-state index >= 15 is 0 Å². The summed E-state index contributed by atoms with van der Waals surface area (Å²) in [6, 6.07) is 4.21. The van der Waals surface area contributed by atoms with Crippen molar-refractivity contribution in [2.45, 2.75) is 18.4 Å². The molecule has 24 heavy (non-hydrogen) atoms. The standard InChI is InChI=1S/C16H12ClN7/c1-19-9-16(4-11(5-16)6-18)23-3-2-12(7-23)14-15-20-10-21-24(15)8-13(17)22-14/h2-3,7-8,10-11H,4-5,9H2. The molecular formula is C16H12ClN7. The molecule has 0 bridgehead atoms. The molecule has 1 aliphatic carbocycles. The molecule has 3 aromatic heterocycles. The third-order valence-electron chi connectivity index (χ3n) is 4.55. The molecule has 3 heterocycles. The lowest BCUT2D eigenvalue weighted by atomic mass is 9.68. The van der Waals surface area contributed by atoms with E-state index in [4.69, 9.17) is 23.4 Å². The SMILES string of the molecule is [C-]#[N+]CC1(n2ccc(-c3nc(Cl)cn4ncnc34)c2)CC(C#N)C1. The van der Waals surface area contributed by atoms with Crippen molar-refractivity contribution in [3.8, 4) is 17.3 Å². The topological polar surface area (TPSA) is 76.2 Å². The van der Waals surface area contributed by atoms with Crippen molar-refractivity contribution in [1.82, 2.24) is 24.1 Å². The van der Waals surface area contributed by atoms with Crippen LogP contribution in [0.4, 0.5) is 0 Å². The lowest BCUT2D eigenvalue weighted by Crippen LogP contribution is -2.47. The van der Waals surface area contributed by atoms with Crippen LogP contribution in [-0.2, 0) is 5.54 Å². The molecule has 8 heteroatoms. The van der Waals surface area contributed by atoms with Gasteiger partial charge in [0.25, 0.3) is 0 Å². The van der Waals surface area contributed by atoms with Crippen LogP contribution in [-0.4, -0.2) is 30.7 Å². The first kappa shape index (κ1) is 14.7. The van der Waals surface area contributed by atoms with E-state index in [1.54, 1.807) is 10.7 Å². The van der Waals surface area contributed by atoms with Crippen molar-refractivity contribution in [3.63, 3.8) is 0 Å². The average molecular weight is 338 g/mol. The van der Waals surface area contributed by atoms with E-state index in [2.05, 4.69) is 26.0 Å². The van der Waals surface area contributed by atoms with Crippen molar-refractivity contribution >= 4 is 17.2 Å². The van der Waals surface area contributed by atoms with Gasteiger partial charge in [0.05, 0.1) is 18.2 Å². The fourth-order valence-corrected chi connectivity index (χ4v) is 3.52. The Balaban J connectivity index is 1.76. The second-order valence-corrected chi connectivity index (χ2v) is 6.41. The predicted molar refractivity (Wildman–Crippen MR) is 87.0 cm³/mol. The molecule has 0 N–H and O–H groups in total. The molecular weight excluding hydrogens is 326 g/mol. The van der Waals surface area contributed by atoms with E-state index < -0.39 is 0 Å². The zero-order chi connectivity index (χ0) is 16.7. The Morgan fingerprint density at radius 2 is 2.29 bits per heavy atom. The first-order chi connectivity index (χ1) is 11.6. The first-order valence-corrected chi connectivity index (χ1v) is 7.80. The maximum atomic E-state index is 9.06. The van der Waals surface area contributed by atoms with Gasteiger partial charge in [-0.05, 0) is 18.9 Å². The van der Waals surface area contributed by atoms with Gasteiger partial charge in [0.2, 0.25) is 6.54 Å². The third kappa shape index (κ3) is 2.14. The lowest BCUT2D eigenvalue weighted by Gasteiger charge is -2.42. The molecule has 3 aromatic rings. The molecule has 0 aliphatic heterocycles. The van der Waals surface area contributed by atoms with E-state index in [-0.39, 0.29) is 11.5 Å².